The quantitative estimate of drug-likeness (QED) is 0.845. The van der Waals surface area contributed by atoms with Crippen molar-refractivity contribution < 1.29 is 19.1 Å². The van der Waals surface area contributed by atoms with E-state index < -0.39 is 0 Å². The SMILES string of the molecule is CCCC(=O)Nc1ccc2c(c1)C(=O)N(CC1CCCO1)C2=O. The fourth-order valence-electron chi connectivity index (χ4n) is 2.98. The lowest BCUT2D eigenvalue weighted by Gasteiger charge is -2.17. The van der Waals surface area contributed by atoms with Gasteiger partial charge >= 0.3 is 0 Å². The normalized spacial score (nSPS) is 20.0. The summed E-state index contributed by atoms with van der Waals surface area (Å²) in [4.78, 5) is 37.8. The van der Waals surface area contributed by atoms with E-state index in [9.17, 15) is 14.4 Å². The molecule has 1 unspecified atom stereocenters. The maximum absolute atomic E-state index is 12.5. The van der Waals surface area contributed by atoms with Gasteiger partial charge in [-0.2, -0.15) is 0 Å². The largest absolute Gasteiger partial charge is 0.376 e. The zero-order valence-electron chi connectivity index (χ0n) is 13.1. The Balaban J connectivity index is 1.76. The van der Waals surface area contributed by atoms with E-state index in [2.05, 4.69) is 5.32 Å². The maximum atomic E-state index is 12.5. The molecule has 23 heavy (non-hydrogen) atoms. The molecule has 1 N–H and O–H groups in total. The van der Waals surface area contributed by atoms with Crippen LogP contribution in [0.5, 0.6) is 0 Å². The van der Waals surface area contributed by atoms with Crippen LogP contribution >= 0.6 is 0 Å². The van der Waals surface area contributed by atoms with E-state index in [0.29, 0.717) is 36.4 Å². The highest BCUT2D eigenvalue weighted by Crippen LogP contribution is 2.27. The maximum Gasteiger partial charge on any atom is 0.261 e. The predicted octanol–water partition coefficient (Wildman–Crippen LogP) is 2.20. The second-order valence-corrected chi connectivity index (χ2v) is 5.91. The Bertz CT molecular complexity index is 650. The van der Waals surface area contributed by atoms with Gasteiger partial charge in [-0.3, -0.25) is 19.3 Å². The molecule has 122 valence electrons. The Hall–Kier alpha value is -2.21. The number of nitrogens with zero attached hydrogens (tertiary/aromatic N) is 1. The van der Waals surface area contributed by atoms with E-state index in [1.54, 1.807) is 18.2 Å². The van der Waals surface area contributed by atoms with Crippen molar-refractivity contribution in [1.82, 2.24) is 4.90 Å². The van der Waals surface area contributed by atoms with Gasteiger partial charge in [-0.1, -0.05) is 6.92 Å². The van der Waals surface area contributed by atoms with Crippen molar-refractivity contribution in [3.63, 3.8) is 0 Å². The molecule has 1 aromatic rings. The molecule has 2 aliphatic heterocycles. The monoisotopic (exact) mass is 316 g/mol. The van der Waals surface area contributed by atoms with Gasteiger partial charge in [0, 0.05) is 18.7 Å². The number of fused-ring (bicyclic) bond motifs is 1. The van der Waals surface area contributed by atoms with E-state index in [-0.39, 0.29) is 23.8 Å². The first-order chi connectivity index (χ1) is 11.1. The van der Waals surface area contributed by atoms with Crippen LogP contribution in [0.3, 0.4) is 0 Å². The fraction of sp³-hybridized carbons (Fsp3) is 0.471. The minimum atomic E-state index is -0.313. The molecule has 3 amide bonds. The molecule has 0 spiro atoms. The average Bonchev–Trinajstić information content (AvgIpc) is 3.11. The lowest BCUT2D eigenvalue weighted by Crippen LogP contribution is -2.36. The number of carbonyl (C=O) groups is 3. The number of rotatable bonds is 5. The zero-order valence-corrected chi connectivity index (χ0v) is 13.1. The summed E-state index contributed by atoms with van der Waals surface area (Å²) in [7, 11) is 0. The lowest BCUT2D eigenvalue weighted by atomic mass is 10.1. The molecular weight excluding hydrogens is 296 g/mol. The van der Waals surface area contributed by atoms with Gasteiger partial charge in [-0.25, -0.2) is 0 Å². The topological polar surface area (TPSA) is 75.7 Å². The van der Waals surface area contributed by atoms with Crippen molar-refractivity contribution in [3.8, 4) is 0 Å². The highest BCUT2D eigenvalue weighted by molar-refractivity contribution is 6.21. The van der Waals surface area contributed by atoms with Crippen LogP contribution in [0.4, 0.5) is 5.69 Å². The number of hydrogen-bond donors (Lipinski definition) is 1. The highest BCUT2D eigenvalue weighted by atomic mass is 16.5. The minimum absolute atomic E-state index is 0.0686. The Morgan fingerprint density at radius 1 is 1.30 bits per heavy atom. The Labute approximate surface area is 134 Å². The number of ether oxygens (including phenoxy) is 1. The smallest absolute Gasteiger partial charge is 0.261 e. The first-order valence-electron chi connectivity index (χ1n) is 8.02. The summed E-state index contributed by atoms with van der Waals surface area (Å²) < 4.78 is 5.51. The van der Waals surface area contributed by atoms with E-state index in [1.165, 1.54) is 4.90 Å². The summed E-state index contributed by atoms with van der Waals surface area (Å²) in [6.45, 7) is 2.90. The molecule has 2 aliphatic rings. The zero-order chi connectivity index (χ0) is 16.4. The molecular formula is C17H20N2O4. The van der Waals surface area contributed by atoms with Gasteiger partial charge in [0.15, 0.2) is 0 Å². The molecule has 0 aliphatic carbocycles. The van der Waals surface area contributed by atoms with Crippen molar-refractivity contribution in [2.75, 3.05) is 18.5 Å². The summed E-state index contributed by atoms with van der Waals surface area (Å²) in [5, 5.41) is 2.75. The van der Waals surface area contributed by atoms with Crippen LogP contribution in [0.2, 0.25) is 0 Å². The lowest BCUT2D eigenvalue weighted by molar-refractivity contribution is -0.116. The highest BCUT2D eigenvalue weighted by Gasteiger charge is 2.37. The Morgan fingerprint density at radius 2 is 2.09 bits per heavy atom. The van der Waals surface area contributed by atoms with Crippen LogP contribution in [-0.4, -0.2) is 41.9 Å². The molecule has 0 bridgehead atoms. The third-order valence-corrected chi connectivity index (χ3v) is 4.14. The number of anilines is 1. The molecule has 0 saturated carbocycles. The second kappa shape index (κ2) is 6.50. The van der Waals surface area contributed by atoms with E-state index >= 15 is 0 Å². The average molecular weight is 316 g/mol. The first-order valence-corrected chi connectivity index (χ1v) is 8.02. The molecule has 2 heterocycles. The van der Waals surface area contributed by atoms with Crippen LogP contribution in [0.15, 0.2) is 18.2 Å². The van der Waals surface area contributed by atoms with Gasteiger partial charge in [0.2, 0.25) is 5.91 Å². The molecule has 3 rings (SSSR count). The summed E-state index contributed by atoms with van der Waals surface area (Å²) in [6.07, 6.45) is 2.94. The van der Waals surface area contributed by atoms with E-state index in [0.717, 1.165) is 19.3 Å². The van der Waals surface area contributed by atoms with Crippen LogP contribution in [0.25, 0.3) is 0 Å². The van der Waals surface area contributed by atoms with Crippen molar-refractivity contribution in [2.24, 2.45) is 0 Å². The Kier molecular flexibility index (Phi) is 4.43. The number of carbonyl (C=O) groups excluding carboxylic acids is 3. The minimum Gasteiger partial charge on any atom is -0.376 e. The molecule has 1 fully saturated rings. The first kappa shape index (κ1) is 15.7. The van der Waals surface area contributed by atoms with Crippen LogP contribution in [-0.2, 0) is 9.53 Å². The van der Waals surface area contributed by atoms with Crippen molar-refractivity contribution in [1.29, 1.82) is 0 Å². The van der Waals surface area contributed by atoms with Gasteiger partial charge in [0.05, 0.1) is 23.8 Å². The summed E-state index contributed by atoms with van der Waals surface area (Å²) in [5.74, 6) is -0.695. The number of nitrogens with one attached hydrogen (secondary N) is 1. The van der Waals surface area contributed by atoms with Crippen molar-refractivity contribution >= 4 is 23.4 Å². The van der Waals surface area contributed by atoms with Crippen LogP contribution in [0, 0.1) is 0 Å². The number of hydrogen-bond acceptors (Lipinski definition) is 4. The van der Waals surface area contributed by atoms with Gasteiger partial charge in [0.1, 0.15) is 0 Å². The second-order valence-electron chi connectivity index (χ2n) is 5.91. The molecule has 1 atom stereocenters. The molecule has 6 heteroatoms. The molecule has 1 aromatic carbocycles. The van der Waals surface area contributed by atoms with Gasteiger partial charge < -0.3 is 10.1 Å². The predicted molar refractivity (Wildman–Crippen MR) is 84.3 cm³/mol. The van der Waals surface area contributed by atoms with Crippen LogP contribution < -0.4 is 5.32 Å². The van der Waals surface area contributed by atoms with Crippen LogP contribution in [0.1, 0.15) is 53.3 Å². The van der Waals surface area contributed by atoms with Gasteiger partial charge in [-0.05, 0) is 37.5 Å². The molecule has 1 saturated heterocycles. The number of benzene rings is 1. The summed E-state index contributed by atoms with van der Waals surface area (Å²) in [5.41, 5.74) is 1.28. The Morgan fingerprint density at radius 3 is 2.78 bits per heavy atom. The van der Waals surface area contributed by atoms with Gasteiger partial charge in [0.25, 0.3) is 11.8 Å². The van der Waals surface area contributed by atoms with Crippen molar-refractivity contribution in [2.45, 2.75) is 38.7 Å². The molecule has 0 radical (unpaired) electrons. The number of amides is 3. The number of imide groups is 1. The summed E-state index contributed by atoms with van der Waals surface area (Å²) >= 11 is 0. The van der Waals surface area contributed by atoms with Crippen molar-refractivity contribution in [3.05, 3.63) is 29.3 Å². The third-order valence-electron chi connectivity index (χ3n) is 4.14. The fourth-order valence-corrected chi connectivity index (χ4v) is 2.98. The van der Waals surface area contributed by atoms with E-state index in [4.69, 9.17) is 4.74 Å². The van der Waals surface area contributed by atoms with Gasteiger partial charge in [-0.15, -0.1) is 0 Å². The molecule has 0 aromatic heterocycles. The summed E-state index contributed by atoms with van der Waals surface area (Å²) in [6, 6.07) is 4.85. The van der Waals surface area contributed by atoms with E-state index in [1.807, 2.05) is 6.92 Å². The standard InChI is InChI=1S/C17H20N2O4/c1-2-4-15(20)18-11-6-7-13-14(9-11)17(22)19(16(13)21)10-12-5-3-8-23-12/h6-7,9,12H,2-5,8,10H2,1H3,(H,18,20). The molecule has 6 nitrogen and oxygen atoms in total. The third kappa shape index (κ3) is 3.12.